The molecule has 3 N–H and O–H groups in total. The number of fused-ring (bicyclic) bond motifs is 6. The number of hydrogen-bond donors (Lipinski definition) is 3. The van der Waals surface area contributed by atoms with E-state index in [1.807, 2.05) is 12.1 Å². The third-order valence-corrected chi connectivity index (χ3v) is 16.7. The number of nitrogens with one attached hydrogen (secondary N) is 2. The normalized spacial score (nSPS) is 26.2. The fourth-order valence-corrected chi connectivity index (χ4v) is 13.1. The molecule has 7 atom stereocenters. The van der Waals surface area contributed by atoms with Crippen LogP contribution in [-0.2, 0) is 28.0 Å². The van der Waals surface area contributed by atoms with Gasteiger partial charge >= 0.3 is 17.8 Å². The highest BCUT2D eigenvalue weighted by Gasteiger charge is 2.51. The zero-order valence-electron chi connectivity index (χ0n) is 40.5. The number of anilines is 1. The summed E-state index contributed by atoms with van der Waals surface area (Å²) in [4.78, 5) is 71.2. The Balaban J connectivity index is 0.773. The molecular weight excluding hydrogens is 939 g/mol. The van der Waals surface area contributed by atoms with Gasteiger partial charge in [0.25, 0.3) is 0 Å². The van der Waals surface area contributed by atoms with Crippen LogP contribution in [0, 0.1) is 24.0 Å². The average Bonchev–Trinajstić information content (AvgIpc) is 4.13. The zero-order valence-corrected chi connectivity index (χ0v) is 40.5. The van der Waals surface area contributed by atoms with Crippen molar-refractivity contribution in [3.05, 3.63) is 88.0 Å². The number of carbonyl (C=O) groups excluding carboxylic acids is 2. The topological polar surface area (TPSA) is 189 Å². The molecule has 0 radical (unpaired) electrons. The number of likely N-dealkylation sites (tertiary alicyclic amines) is 1. The van der Waals surface area contributed by atoms with Crippen LogP contribution in [0.3, 0.4) is 0 Å². The Morgan fingerprint density at radius 3 is 2.60 bits per heavy atom. The molecule has 0 spiro atoms. The van der Waals surface area contributed by atoms with Crippen molar-refractivity contribution < 1.29 is 37.7 Å². The minimum atomic E-state index is -0.958. The number of nitrogens with zero attached hydrogens (tertiary/aromatic N) is 8. The fraction of sp³-hybridized carbons (Fsp3) is 0.463. The van der Waals surface area contributed by atoms with Crippen LogP contribution < -0.4 is 26.0 Å². The Kier molecular flexibility index (Phi) is 11.9. The van der Waals surface area contributed by atoms with Gasteiger partial charge in [-0.25, -0.2) is 18.4 Å². The predicted octanol–water partition coefficient (Wildman–Crippen LogP) is 6.17. The van der Waals surface area contributed by atoms with E-state index in [-0.39, 0.29) is 96.2 Å². The standard InChI is InChI=1S/C54H56F2N10O7/c1-3-37-40(55)12-9-31-6-4-7-38(45(31)37)47-46(56)48-39(25-57-47)49(63-26-32-10-11-33(27-63)58-32)61-51(60-48)73-29-54-18-5-20-65(54)34(16-19-54)23-35-24-36(17-21-64(35)53(70)71)72-28-30-8-13-41-43(22-30)62(2)52(69)66(41)42-14-15-44(67)59-50(42)68/h1,4,6-9,12-13,22,25,32-36,42,58H,5,10-11,14-21,23-24,26-29H2,2H3,(H,70,71)(H,59,67,68)/t32?,33?,34-,35?,36?,42?,54-/m0/s1. The third kappa shape index (κ3) is 8.23. The number of amides is 3. The van der Waals surface area contributed by atoms with Crippen LogP contribution in [-0.4, -0.2) is 125 Å². The molecule has 6 aromatic rings. The van der Waals surface area contributed by atoms with E-state index < -0.39 is 29.7 Å². The molecule has 6 aliphatic rings. The van der Waals surface area contributed by atoms with Crippen molar-refractivity contribution in [1.29, 1.82) is 0 Å². The van der Waals surface area contributed by atoms with Gasteiger partial charge in [-0.15, -0.1) is 6.42 Å². The number of pyridine rings is 1. The molecule has 12 rings (SSSR count). The number of halogens is 2. The summed E-state index contributed by atoms with van der Waals surface area (Å²) in [6.45, 7) is 3.04. The number of rotatable bonds is 11. The highest BCUT2D eigenvalue weighted by atomic mass is 19.1. The molecule has 6 fully saturated rings. The number of ether oxygens (including phenoxy) is 2. The Bertz CT molecular complexity index is 3340. The summed E-state index contributed by atoms with van der Waals surface area (Å²) in [6, 6.07) is 13.4. The first-order valence-corrected chi connectivity index (χ1v) is 25.5. The molecule has 5 unspecified atom stereocenters. The minimum Gasteiger partial charge on any atom is -0.465 e. The van der Waals surface area contributed by atoms with E-state index in [4.69, 9.17) is 25.9 Å². The van der Waals surface area contributed by atoms with Crippen molar-refractivity contribution in [3.63, 3.8) is 0 Å². The number of hydrogen-bond acceptors (Lipinski definition) is 12. The molecule has 2 bridgehead atoms. The minimum absolute atomic E-state index is 0.00465. The Morgan fingerprint density at radius 2 is 1.81 bits per heavy atom. The van der Waals surface area contributed by atoms with E-state index >= 15 is 8.78 Å². The summed E-state index contributed by atoms with van der Waals surface area (Å²) in [5.74, 6) is 0.905. The van der Waals surface area contributed by atoms with Crippen LogP contribution in [0.1, 0.15) is 87.8 Å². The van der Waals surface area contributed by atoms with Crippen LogP contribution in [0.25, 0.3) is 44.0 Å². The van der Waals surface area contributed by atoms with Crippen LogP contribution in [0.5, 0.6) is 6.01 Å². The first kappa shape index (κ1) is 47.0. The number of benzene rings is 3. The lowest BCUT2D eigenvalue weighted by Gasteiger charge is -2.41. The highest BCUT2D eigenvalue weighted by molar-refractivity contribution is 6.02. The van der Waals surface area contributed by atoms with Crippen molar-refractivity contribution in [2.75, 3.05) is 37.7 Å². The van der Waals surface area contributed by atoms with Crippen molar-refractivity contribution in [2.24, 2.45) is 7.05 Å². The molecule has 73 heavy (non-hydrogen) atoms. The zero-order chi connectivity index (χ0) is 50.3. The second-order valence-corrected chi connectivity index (χ2v) is 20.9. The van der Waals surface area contributed by atoms with E-state index in [2.05, 4.69) is 31.3 Å². The maximum Gasteiger partial charge on any atom is 0.407 e. The number of piperidine rings is 2. The number of imide groups is 1. The van der Waals surface area contributed by atoms with Gasteiger partial charge in [-0.05, 0) is 99.9 Å². The maximum atomic E-state index is 17.3. The van der Waals surface area contributed by atoms with Crippen molar-refractivity contribution in [2.45, 2.75) is 119 Å². The first-order chi connectivity index (χ1) is 35.4. The van der Waals surface area contributed by atoms with Gasteiger partial charge in [-0.1, -0.05) is 36.3 Å². The number of terminal acetylenes is 1. The van der Waals surface area contributed by atoms with Gasteiger partial charge in [0.15, 0.2) is 5.82 Å². The first-order valence-electron chi connectivity index (χ1n) is 25.5. The van der Waals surface area contributed by atoms with Crippen molar-refractivity contribution in [1.82, 2.24) is 44.5 Å². The maximum absolute atomic E-state index is 17.3. The summed E-state index contributed by atoms with van der Waals surface area (Å²) < 4.78 is 48.5. The Morgan fingerprint density at radius 1 is 0.973 bits per heavy atom. The van der Waals surface area contributed by atoms with Gasteiger partial charge in [-0.3, -0.25) is 33.9 Å². The molecule has 3 aromatic heterocycles. The Labute approximate surface area is 418 Å². The molecule has 17 nitrogen and oxygen atoms in total. The van der Waals surface area contributed by atoms with Gasteiger partial charge < -0.3 is 29.7 Å². The molecule has 0 saturated carbocycles. The fourth-order valence-electron chi connectivity index (χ4n) is 13.1. The number of carbonyl (C=O) groups is 3. The quantitative estimate of drug-likeness (QED) is 0.0989. The Hall–Kier alpha value is -7.01. The van der Waals surface area contributed by atoms with Gasteiger partial charge in [0.1, 0.15) is 35.5 Å². The lowest BCUT2D eigenvalue weighted by Crippen LogP contribution is -2.52. The van der Waals surface area contributed by atoms with Crippen LogP contribution in [0.2, 0.25) is 0 Å². The third-order valence-electron chi connectivity index (χ3n) is 16.7. The molecule has 3 aromatic carbocycles. The molecule has 6 aliphatic heterocycles. The number of carboxylic acid groups (broad SMARTS) is 1. The molecule has 3 amide bonds. The van der Waals surface area contributed by atoms with Crippen LogP contribution in [0.4, 0.5) is 19.4 Å². The van der Waals surface area contributed by atoms with Gasteiger partial charge in [0.2, 0.25) is 11.8 Å². The highest BCUT2D eigenvalue weighted by Crippen LogP contribution is 2.45. The summed E-state index contributed by atoms with van der Waals surface area (Å²) in [7, 11) is 1.66. The van der Waals surface area contributed by atoms with Crippen LogP contribution >= 0.6 is 0 Å². The monoisotopic (exact) mass is 994 g/mol. The molecule has 19 heteroatoms. The number of aromatic nitrogens is 5. The van der Waals surface area contributed by atoms with E-state index in [9.17, 15) is 24.3 Å². The van der Waals surface area contributed by atoms with E-state index in [0.29, 0.717) is 77.5 Å². The predicted molar refractivity (Wildman–Crippen MR) is 267 cm³/mol. The van der Waals surface area contributed by atoms with Crippen molar-refractivity contribution >= 4 is 56.4 Å². The second kappa shape index (κ2) is 18.5. The molecule has 9 heterocycles. The number of imidazole rings is 1. The summed E-state index contributed by atoms with van der Waals surface area (Å²) in [6.07, 6.45) is 13.9. The largest absolute Gasteiger partial charge is 0.465 e. The lowest BCUT2D eigenvalue weighted by molar-refractivity contribution is -0.135. The van der Waals surface area contributed by atoms with Gasteiger partial charge in [-0.2, -0.15) is 9.97 Å². The van der Waals surface area contributed by atoms with Gasteiger partial charge in [0.05, 0.1) is 40.2 Å². The average molecular weight is 995 g/mol. The molecule has 6 saturated heterocycles. The lowest BCUT2D eigenvalue weighted by atomic mass is 9.92. The molecule has 378 valence electrons. The SMILES string of the molecule is C#Cc1c(F)ccc2cccc(-c3ncc4c(N5CC6CCC(C5)N6)nc(OC[C@@]56CCCN5[C@H](CC5CC(OCc7ccc8c(c7)n(C)c(=O)n8C7CCC(=O)NC7=O)CCN5C(=O)O)CC6)nc4c3F)c12. The van der Waals surface area contributed by atoms with Gasteiger partial charge in [0, 0.05) is 74.4 Å². The summed E-state index contributed by atoms with van der Waals surface area (Å²) in [5, 5.41) is 17.9. The van der Waals surface area contributed by atoms with E-state index in [1.165, 1.54) is 15.2 Å². The number of aryl methyl sites for hydroxylation is 1. The summed E-state index contributed by atoms with van der Waals surface area (Å²) in [5.41, 5.74) is 1.80. The van der Waals surface area contributed by atoms with E-state index in [1.54, 1.807) is 48.5 Å². The summed E-state index contributed by atoms with van der Waals surface area (Å²) >= 11 is 0. The number of piperazine rings is 1. The molecular formula is C54H56F2N10O7. The van der Waals surface area contributed by atoms with E-state index in [0.717, 1.165) is 50.6 Å². The van der Waals surface area contributed by atoms with Crippen LogP contribution in [0.15, 0.2) is 59.5 Å². The second-order valence-electron chi connectivity index (χ2n) is 20.9. The molecule has 0 aliphatic carbocycles. The smallest absolute Gasteiger partial charge is 0.407 e. The van der Waals surface area contributed by atoms with Crippen molar-refractivity contribution in [3.8, 4) is 29.6 Å².